The number of carbonyl (C=O) groups is 1. The molecule has 3 aromatic carbocycles. The molecule has 0 bridgehead atoms. The fourth-order valence-corrected chi connectivity index (χ4v) is 3.14. The van der Waals surface area contributed by atoms with Crippen molar-refractivity contribution in [1.82, 2.24) is 15.2 Å². The lowest BCUT2D eigenvalue weighted by Gasteiger charge is -2.08. The average molecular weight is 400 g/mol. The van der Waals surface area contributed by atoms with Crippen molar-refractivity contribution in [3.8, 4) is 11.4 Å². The smallest absolute Gasteiger partial charge is 0.280 e. The molecule has 0 saturated carbocycles. The van der Waals surface area contributed by atoms with E-state index < -0.39 is 5.91 Å². The molecule has 0 fully saturated rings. The van der Waals surface area contributed by atoms with Crippen LogP contribution in [0.5, 0.6) is 5.75 Å². The Bertz CT molecular complexity index is 1270. The lowest BCUT2D eigenvalue weighted by atomic mass is 10.1. The zero-order valence-electron chi connectivity index (χ0n) is 16.3. The third kappa shape index (κ3) is 4.00. The average Bonchev–Trinajstić information content (AvgIpc) is 3.06. The van der Waals surface area contributed by atoms with Crippen molar-refractivity contribution in [3.05, 3.63) is 94.4 Å². The topological polar surface area (TPSA) is 88.5 Å². The quantitative estimate of drug-likeness (QED) is 0.385. The van der Waals surface area contributed by atoms with E-state index in [1.54, 1.807) is 6.92 Å². The number of amides is 1. The van der Waals surface area contributed by atoms with Crippen LogP contribution in [0.25, 0.3) is 16.5 Å². The van der Waals surface area contributed by atoms with Crippen molar-refractivity contribution in [2.75, 3.05) is 6.61 Å². The highest BCUT2D eigenvalue weighted by Crippen LogP contribution is 2.24. The van der Waals surface area contributed by atoms with Crippen molar-refractivity contribution >= 4 is 22.9 Å². The minimum absolute atomic E-state index is 0.189. The Labute approximate surface area is 172 Å². The molecule has 150 valence electrons. The number of rotatable bonds is 6. The summed E-state index contributed by atoms with van der Waals surface area (Å²) in [5.74, 6) is 0.204. The molecule has 0 aliphatic carbocycles. The molecule has 4 rings (SSSR count). The van der Waals surface area contributed by atoms with Gasteiger partial charge in [-0.3, -0.25) is 14.7 Å². The summed E-state index contributed by atoms with van der Waals surface area (Å²) in [6, 6.07) is 22.7. The SMILES string of the molecule is Cc1[nH]n(-c2ccccc2)c(=O)c1/C=N\NC(=O)COc1cccc2ccccc12. The summed E-state index contributed by atoms with van der Waals surface area (Å²) in [5, 5.41) is 8.88. The van der Waals surface area contributed by atoms with Gasteiger partial charge in [0.2, 0.25) is 0 Å². The maximum absolute atomic E-state index is 12.6. The third-order valence-corrected chi connectivity index (χ3v) is 4.62. The van der Waals surface area contributed by atoms with Crippen LogP contribution in [-0.2, 0) is 4.79 Å². The van der Waals surface area contributed by atoms with Gasteiger partial charge in [0.05, 0.1) is 17.5 Å². The summed E-state index contributed by atoms with van der Waals surface area (Å²) >= 11 is 0. The monoisotopic (exact) mass is 400 g/mol. The summed E-state index contributed by atoms with van der Waals surface area (Å²) in [6.07, 6.45) is 1.34. The first-order chi connectivity index (χ1) is 14.6. The van der Waals surface area contributed by atoms with Crippen LogP contribution in [0.2, 0.25) is 0 Å². The third-order valence-electron chi connectivity index (χ3n) is 4.62. The van der Waals surface area contributed by atoms with Gasteiger partial charge >= 0.3 is 0 Å². The number of nitrogens with zero attached hydrogens (tertiary/aromatic N) is 2. The number of carbonyl (C=O) groups excluding carboxylic acids is 1. The van der Waals surface area contributed by atoms with Crippen LogP contribution in [0, 0.1) is 6.92 Å². The molecule has 0 spiro atoms. The number of hydrogen-bond donors (Lipinski definition) is 2. The lowest BCUT2D eigenvalue weighted by Crippen LogP contribution is -2.25. The molecule has 0 saturated heterocycles. The fourth-order valence-electron chi connectivity index (χ4n) is 3.14. The number of para-hydroxylation sites is 1. The second-order valence-electron chi connectivity index (χ2n) is 6.69. The molecule has 0 unspecified atom stereocenters. The summed E-state index contributed by atoms with van der Waals surface area (Å²) in [6.45, 7) is 1.58. The molecule has 1 heterocycles. The van der Waals surface area contributed by atoms with Crippen LogP contribution in [0.15, 0.2) is 82.7 Å². The highest BCUT2D eigenvalue weighted by atomic mass is 16.5. The zero-order chi connectivity index (χ0) is 20.9. The lowest BCUT2D eigenvalue weighted by molar-refractivity contribution is -0.123. The number of nitrogens with one attached hydrogen (secondary N) is 2. The van der Waals surface area contributed by atoms with Gasteiger partial charge in [-0.1, -0.05) is 54.6 Å². The molecule has 7 nitrogen and oxygen atoms in total. The fraction of sp³-hybridized carbons (Fsp3) is 0.0870. The Morgan fingerprint density at radius 2 is 1.80 bits per heavy atom. The number of aryl methyl sites for hydroxylation is 1. The van der Waals surface area contributed by atoms with Crippen LogP contribution in [0.3, 0.4) is 0 Å². The van der Waals surface area contributed by atoms with E-state index in [-0.39, 0.29) is 12.2 Å². The highest BCUT2D eigenvalue weighted by Gasteiger charge is 2.11. The van der Waals surface area contributed by atoms with E-state index in [0.717, 1.165) is 16.5 Å². The molecular formula is C23H20N4O3. The molecule has 30 heavy (non-hydrogen) atoms. The number of benzene rings is 3. The molecule has 1 aromatic heterocycles. The largest absolute Gasteiger partial charge is 0.483 e. The van der Waals surface area contributed by atoms with Crippen molar-refractivity contribution in [2.24, 2.45) is 5.10 Å². The Kier molecular flexibility index (Phi) is 5.43. The molecular weight excluding hydrogens is 380 g/mol. The first-order valence-corrected chi connectivity index (χ1v) is 9.43. The maximum Gasteiger partial charge on any atom is 0.280 e. The van der Waals surface area contributed by atoms with Crippen LogP contribution in [0.1, 0.15) is 11.3 Å². The van der Waals surface area contributed by atoms with E-state index >= 15 is 0 Å². The van der Waals surface area contributed by atoms with E-state index in [4.69, 9.17) is 4.74 Å². The first-order valence-electron chi connectivity index (χ1n) is 9.43. The predicted octanol–water partition coefficient (Wildman–Crippen LogP) is 3.16. The van der Waals surface area contributed by atoms with Crippen LogP contribution in [0.4, 0.5) is 0 Å². The molecule has 1 amide bonds. The minimum Gasteiger partial charge on any atom is -0.483 e. The van der Waals surface area contributed by atoms with E-state index in [9.17, 15) is 9.59 Å². The normalized spacial score (nSPS) is 11.1. The summed E-state index contributed by atoms with van der Waals surface area (Å²) < 4.78 is 7.07. The predicted molar refractivity (Wildman–Crippen MR) is 116 cm³/mol. The van der Waals surface area contributed by atoms with Crippen LogP contribution in [-0.4, -0.2) is 28.5 Å². The van der Waals surface area contributed by atoms with E-state index in [1.165, 1.54) is 10.9 Å². The van der Waals surface area contributed by atoms with Gasteiger partial charge in [0.1, 0.15) is 5.75 Å². The van der Waals surface area contributed by atoms with Crippen molar-refractivity contribution in [3.63, 3.8) is 0 Å². The van der Waals surface area contributed by atoms with Gasteiger partial charge in [-0.2, -0.15) is 5.10 Å². The number of aromatic amines is 1. The van der Waals surface area contributed by atoms with E-state index in [1.807, 2.05) is 72.8 Å². The van der Waals surface area contributed by atoms with Gasteiger partial charge in [-0.05, 0) is 30.5 Å². The Balaban J connectivity index is 1.41. The molecule has 0 aliphatic rings. The van der Waals surface area contributed by atoms with Gasteiger partial charge in [0, 0.05) is 11.1 Å². The molecule has 2 N–H and O–H groups in total. The standard InChI is InChI=1S/C23H20N4O3/c1-16-20(23(29)27(26-16)18-10-3-2-4-11-18)14-24-25-22(28)15-30-21-13-7-9-17-8-5-6-12-19(17)21/h2-14,26H,15H2,1H3,(H,25,28)/b24-14-. The number of fused-ring (bicyclic) bond motifs is 1. The number of hydrazone groups is 1. The molecule has 4 aromatic rings. The van der Waals surface area contributed by atoms with Gasteiger partial charge in [-0.25, -0.2) is 10.1 Å². The van der Waals surface area contributed by atoms with Crippen molar-refractivity contribution in [2.45, 2.75) is 6.92 Å². The minimum atomic E-state index is -0.421. The molecule has 0 atom stereocenters. The van der Waals surface area contributed by atoms with E-state index in [2.05, 4.69) is 15.6 Å². The van der Waals surface area contributed by atoms with Gasteiger partial charge in [-0.15, -0.1) is 0 Å². The van der Waals surface area contributed by atoms with Crippen molar-refractivity contribution < 1.29 is 9.53 Å². The summed E-state index contributed by atoms with van der Waals surface area (Å²) in [4.78, 5) is 24.7. The molecule has 0 radical (unpaired) electrons. The summed E-state index contributed by atoms with van der Waals surface area (Å²) in [5.41, 5.74) is 3.89. The second-order valence-corrected chi connectivity index (χ2v) is 6.69. The Morgan fingerprint density at radius 1 is 1.07 bits per heavy atom. The number of hydrogen-bond acceptors (Lipinski definition) is 4. The highest BCUT2D eigenvalue weighted by molar-refractivity contribution is 5.89. The van der Waals surface area contributed by atoms with Crippen LogP contribution < -0.4 is 15.7 Å². The second kappa shape index (κ2) is 8.48. The maximum atomic E-state index is 12.6. The van der Waals surface area contributed by atoms with Crippen molar-refractivity contribution in [1.29, 1.82) is 0 Å². The Morgan fingerprint density at radius 3 is 2.63 bits per heavy atom. The Hall–Kier alpha value is -4.13. The van der Waals surface area contributed by atoms with Crippen LogP contribution >= 0.6 is 0 Å². The zero-order valence-corrected chi connectivity index (χ0v) is 16.3. The van der Waals surface area contributed by atoms with Gasteiger partial charge in [0.15, 0.2) is 6.61 Å². The number of aromatic nitrogens is 2. The first kappa shape index (κ1) is 19.2. The van der Waals surface area contributed by atoms with E-state index in [0.29, 0.717) is 17.0 Å². The van der Waals surface area contributed by atoms with Gasteiger partial charge < -0.3 is 4.74 Å². The molecule has 7 heteroatoms. The number of ether oxygens (including phenoxy) is 1. The summed E-state index contributed by atoms with van der Waals surface area (Å²) in [7, 11) is 0. The van der Waals surface area contributed by atoms with Gasteiger partial charge in [0.25, 0.3) is 11.5 Å². The molecule has 0 aliphatic heterocycles. The number of H-pyrrole nitrogens is 1.